The summed E-state index contributed by atoms with van der Waals surface area (Å²) in [5.41, 5.74) is 4.10. The van der Waals surface area contributed by atoms with Crippen molar-refractivity contribution in [3.05, 3.63) is 35.4 Å². The Bertz CT molecular complexity index is 837. The van der Waals surface area contributed by atoms with E-state index in [0.29, 0.717) is 6.42 Å². The summed E-state index contributed by atoms with van der Waals surface area (Å²) >= 11 is 1.43. The molecule has 9 heteroatoms. The number of benzene rings is 1. The minimum atomic E-state index is -1.65. The van der Waals surface area contributed by atoms with E-state index in [1.54, 1.807) is 38.1 Å². The Morgan fingerprint density at radius 2 is 2.04 bits per heavy atom. The molecular formula is C17H19N3O5S. The lowest BCUT2D eigenvalue weighted by Crippen LogP contribution is -2.65. The Morgan fingerprint density at radius 1 is 1.38 bits per heavy atom. The van der Waals surface area contributed by atoms with Crippen LogP contribution in [-0.2, 0) is 24.8 Å². The maximum Gasteiger partial charge on any atom is 0.335 e. The zero-order valence-corrected chi connectivity index (χ0v) is 15.4. The molecule has 0 saturated carbocycles. The molecule has 2 aliphatic rings. The summed E-state index contributed by atoms with van der Waals surface area (Å²) in [6.07, 6.45) is 0.292. The van der Waals surface area contributed by atoms with Crippen LogP contribution in [0.4, 0.5) is 0 Å². The van der Waals surface area contributed by atoms with Gasteiger partial charge < -0.3 is 20.6 Å². The second kappa shape index (κ2) is 6.01. The topological polar surface area (TPSA) is 122 Å². The van der Waals surface area contributed by atoms with E-state index in [1.807, 2.05) is 0 Å². The number of β-lactam (4-membered cyclic amide) rings is 1. The SMILES string of the molecule is CON=C(C(N)=O)c1ccccc1[C@]1(C(=O)O)N2C(=O)C[C@H]2SC1(C)C. The summed E-state index contributed by atoms with van der Waals surface area (Å²) in [4.78, 5) is 42.9. The van der Waals surface area contributed by atoms with Crippen LogP contribution in [0, 0.1) is 0 Å². The smallest absolute Gasteiger partial charge is 0.335 e. The first-order valence-corrected chi connectivity index (χ1v) is 8.80. The van der Waals surface area contributed by atoms with Gasteiger partial charge in [0.05, 0.1) is 16.5 Å². The van der Waals surface area contributed by atoms with Gasteiger partial charge in [0, 0.05) is 11.1 Å². The van der Waals surface area contributed by atoms with Crippen LogP contribution in [0.5, 0.6) is 0 Å². The average molecular weight is 377 g/mol. The Hall–Kier alpha value is -2.55. The molecule has 0 bridgehead atoms. The first-order valence-electron chi connectivity index (χ1n) is 7.92. The van der Waals surface area contributed by atoms with Gasteiger partial charge in [-0.2, -0.15) is 0 Å². The summed E-state index contributed by atoms with van der Waals surface area (Å²) in [6, 6.07) is 6.45. The van der Waals surface area contributed by atoms with Gasteiger partial charge in [-0.15, -0.1) is 11.8 Å². The van der Waals surface area contributed by atoms with Crippen molar-refractivity contribution in [1.29, 1.82) is 0 Å². The maximum atomic E-state index is 12.6. The zero-order chi connectivity index (χ0) is 19.3. The predicted octanol–water partition coefficient (Wildman–Crippen LogP) is 0.886. The molecular weight excluding hydrogens is 358 g/mol. The highest BCUT2D eigenvalue weighted by atomic mass is 32.2. The van der Waals surface area contributed by atoms with Crippen LogP contribution in [-0.4, -0.2) is 50.7 Å². The highest BCUT2D eigenvalue weighted by Gasteiger charge is 2.70. The van der Waals surface area contributed by atoms with Crippen LogP contribution < -0.4 is 5.73 Å². The number of hydrogen-bond acceptors (Lipinski definition) is 6. The largest absolute Gasteiger partial charge is 0.479 e. The molecule has 8 nitrogen and oxygen atoms in total. The number of hydrogen-bond donors (Lipinski definition) is 2. The van der Waals surface area contributed by atoms with E-state index in [2.05, 4.69) is 5.16 Å². The molecule has 0 unspecified atom stereocenters. The van der Waals surface area contributed by atoms with Crippen molar-refractivity contribution in [2.24, 2.45) is 10.9 Å². The van der Waals surface area contributed by atoms with Gasteiger partial charge >= 0.3 is 5.97 Å². The highest BCUT2D eigenvalue weighted by molar-refractivity contribution is 8.01. The molecule has 3 N–H and O–H groups in total. The van der Waals surface area contributed by atoms with Crippen LogP contribution in [0.25, 0.3) is 0 Å². The number of carbonyl (C=O) groups is 3. The van der Waals surface area contributed by atoms with Gasteiger partial charge in [-0.25, -0.2) is 4.79 Å². The van der Waals surface area contributed by atoms with Gasteiger partial charge in [-0.1, -0.05) is 29.4 Å². The number of primary amides is 1. The van der Waals surface area contributed by atoms with Crippen LogP contribution in [0.2, 0.25) is 0 Å². The number of oxime groups is 1. The number of thioether (sulfide) groups is 1. The Kier molecular flexibility index (Phi) is 4.22. The number of carboxylic acids is 1. The van der Waals surface area contributed by atoms with Crippen molar-refractivity contribution in [1.82, 2.24) is 4.90 Å². The average Bonchev–Trinajstić information content (AvgIpc) is 2.75. The van der Waals surface area contributed by atoms with Gasteiger partial charge in [0.25, 0.3) is 5.91 Å². The third-order valence-electron chi connectivity index (χ3n) is 4.87. The molecule has 2 atom stereocenters. The lowest BCUT2D eigenvalue weighted by molar-refractivity contribution is -0.169. The monoisotopic (exact) mass is 377 g/mol. The van der Waals surface area contributed by atoms with Crippen molar-refractivity contribution >= 4 is 35.3 Å². The van der Waals surface area contributed by atoms with E-state index in [1.165, 1.54) is 23.8 Å². The van der Waals surface area contributed by atoms with Crippen molar-refractivity contribution in [3.63, 3.8) is 0 Å². The fraction of sp³-hybridized carbons (Fsp3) is 0.412. The molecule has 2 saturated heterocycles. The highest BCUT2D eigenvalue weighted by Crippen LogP contribution is 2.61. The fourth-order valence-electron chi connectivity index (χ4n) is 3.85. The second-order valence-corrected chi connectivity index (χ2v) is 8.40. The first kappa shape index (κ1) is 18.2. The van der Waals surface area contributed by atoms with E-state index in [0.717, 1.165) is 0 Å². The molecule has 2 amide bonds. The lowest BCUT2D eigenvalue weighted by atomic mass is 9.73. The second-order valence-electron chi connectivity index (χ2n) is 6.60. The number of aliphatic carboxylic acids is 1. The molecule has 2 aliphatic heterocycles. The molecule has 0 aromatic heterocycles. The van der Waals surface area contributed by atoms with Crippen LogP contribution >= 0.6 is 11.8 Å². The third kappa shape index (κ3) is 2.23. The molecule has 0 spiro atoms. The molecule has 2 heterocycles. The van der Waals surface area contributed by atoms with E-state index in [-0.39, 0.29) is 28.1 Å². The predicted molar refractivity (Wildman–Crippen MR) is 95.4 cm³/mol. The maximum absolute atomic E-state index is 12.6. The van der Waals surface area contributed by atoms with Gasteiger partial charge in [-0.05, 0) is 13.8 Å². The first-order chi connectivity index (χ1) is 12.2. The molecule has 0 radical (unpaired) electrons. The Labute approximate surface area is 154 Å². The van der Waals surface area contributed by atoms with Crippen LogP contribution in [0.15, 0.2) is 29.4 Å². The van der Waals surface area contributed by atoms with E-state index in [9.17, 15) is 19.5 Å². The minimum absolute atomic E-state index is 0.194. The lowest BCUT2D eigenvalue weighted by Gasteiger charge is -2.47. The van der Waals surface area contributed by atoms with Gasteiger partial charge in [-0.3, -0.25) is 9.59 Å². The number of fused-ring (bicyclic) bond motifs is 1. The van der Waals surface area contributed by atoms with Crippen molar-refractivity contribution in [2.45, 2.75) is 35.9 Å². The zero-order valence-electron chi connectivity index (χ0n) is 14.6. The summed E-state index contributed by atoms with van der Waals surface area (Å²) in [5.74, 6) is -2.26. The van der Waals surface area contributed by atoms with E-state index < -0.39 is 22.2 Å². The number of carbonyl (C=O) groups excluding carboxylic acids is 2. The van der Waals surface area contributed by atoms with Crippen molar-refractivity contribution in [3.8, 4) is 0 Å². The third-order valence-corrected chi connectivity index (χ3v) is 6.40. The number of carboxylic acid groups (broad SMARTS) is 1. The van der Waals surface area contributed by atoms with Gasteiger partial charge in [0.1, 0.15) is 7.11 Å². The van der Waals surface area contributed by atoms with Crippen LogP contribution in [0.3, 0.4) is 0 Å². The summed E-state index contributed by atoms with van der Waals surface area (Å²) in [5, 5.41) is 13.7. The summed E-state index contributed by atoms with van der Waals surface area (Å²) < 4.78 is -0.846. The number of nitrogens with two attached hydrogens (primary N) is 1. The number of rotatable bonds is 5. The van der Waals surface area contributed by atoms with E-state index in [4.69, 9.17) is 10.6 Å². The molecule has 0 aliphatic carbocycles. The summed E-state index contributed by atoms with van der Waals surface area (Å²) in [7, 11) is 1.27. The van der Waals surface area contributed by atoms with Crippen molar-refractivity contribution in [2.75, 3.05) is 7.11 Å². The Morgan fingerprint density at radius 3 is 2.58 bits per heavy atom. The quantitative estimate of drug-likeness (QED) is 0.446. The van der Waals surface area contributed by atoms with E-state index >= 15 is 0 Å². The minimum Gasteiger partial charge on any atom is -0.479 e. The van der Waals surface area contributed by atoms with Crippen molar-refractivity contribution < 1.29 is 24.3 Å². The standard InChI is InChI=1S/C17H19N3O5S/c1-16(2)17(15(23)24,20-11(21)8-12(20)26-16)10-7-5-4-6-9(10)13(14(18)22)19-25-3/h4-7,12H,8H2,1-3H3,(H2,18,22)(H,23,24)/t12-,17-/m1/s1. The molecule has 1 aromatic rings. The van der Waals surface area contributed by atoms with Gasteiger partial charge in [0.2, 0.25) is 5.91 Å². The molecule has 3 rings (SSSR count). The molecule has 26 heavy (non-hydrogen) atoms. The van der Waals surface area contributed by atoms with Crippen LogP contribution in [0.1, 0.15) is 31.4 Å². The normalized spacial score (nSPS) is 26.9. The summed E-state index contributed by atoms with van der Waals surface area (Å²) in [6.45, 7) is 3.57. The number of amides is 2. The fourth-order valence-corrected chi connectivity index (χ4v) is 5.61. The number of nitrogens with zero attached hydrogens (tertiary/aromatic N) is 2. The Balaban J connectivity index is 2.33. The molecule has 138 valence electrons. The van der Waals surface area contributed by atoms with Gasteiger partial charge in [0.15, 0.2) is 11.3 Å². The molecule has 2 fully saturated rings. The molecule has 1 aromatic carbocycles.